The van der Waals surface area contributed by atoms with E-state index in [4.69, 9.17) is 0 Å². The molecule has 2 heteroatoms. The van der Waals surface area contributed by atoms with Crippen LogP contribution >= 0.6 is 11.8 Å². The van der Waals surface area contributed by atoms with Gasteiger partial charge in [0.05, 0.1) is 0 Å². The smallest absolute Gasteiger partial charge is 0.215 e. The highest BCUT2D eigenvalue weighted by Gasteiger charge is 2.31. The van der Waals surface area contributed by atoms with Crippen molar-refractivity contribution in [2.24, 2.45) is 11.8 Å². The molecule has 0 saturated heterocycles. The molecule has 3 rings (SSSR count). The molecule has 0 aromatic carbocycles. The van der Waals surface area contributed by atoms with Gasteiger partial charge in [-0.3, -0.25) is 4.79 Å². The molecule has 0 N–H and O–H groups in total. The normalized spacial score (nSPS) is 24.8. The summed E-state index contributed by atoms with van der Waals surface area (Å²) < 4.78 is 0. The summed E-state index contributed by atoms with van der Waals surface area (Å²) in [5.41, 5.74) is 2.76. The summed E-state index contributed by atoms with van der Waals surface area (Å²) in [7, 11) is 0. The van der Waals surface area contributed by atoms with E-state index in [0.29, 0.717) is 10.4 Å². The molecule has 3 aliphatic rings. The Morgan fingerprint density at radius 3 is 1.67 bits per heavy atom. The highest BCUT2D eigenvalue weighted by Crippen LogP contribution is 2.44. The Kier molecular flexibility index (Phi) is 5.48. The summed E-state index contributed by atoms with van der Waals surface area (Å²) in [6.45, 7) is 2.15. The van der Waals surface area contributed by atoms with Gasteiger partial charge in [-0.1, -0.05) is 55.9 Å². The van der Waals surface area contributed by atoms with Crippen molar-refractivity contribution in [3.8, 4) is 0 Å². The van der Waals surface area contributed by atoms with Gasteiger partial charge in [0.25, 0.3) is 0 Å². The Morgan fingerprint density at radius 1 is 0.762 bits per heavy atom. The van der Waals surface area contributed by atoms with Crippen molar-refractivity contribution in [1.82, 2.24) is 0 Å². The minimum Gasteiger partial charge on any atom is -0.282 e. The summed E-state index contributed by atoms with van der Waals surface area (Å²) >= 11 is 1.66. The Labute approximate surface area is 134 Å². The van der Waals surface area contributed by atoms with Crippen LogP contribution in [-0.4, -0.2) is 10.4 Å². The van der Waals surface area contributed by atoms with Gasteiger partial charge in [-0.25, -0.2) is 0 Å². The molecule has 21 heavy (non-hydrogen) atoms. The van der Waals surface area contributed by atoms with Crippen molar-refractivity contribution in [2.45, 2.75) is 89.2 Å². The average Bonchev–Trinajstić information content (AvgIpc) is 3.22. The van der Waals surface area contributed by atoms with Crippen LogP contribution in [0, 0.1) is 11.8 Å². The minimum absolute atomic E-state index is 0.413. The van der Waals surface area contributed by atoms with E-state index in [1.54, 1.807) is 17.3 Å². The molecular weight excluding hydrogens is 276 g/mol. The van der Waals surface area contributed by atoms with Crippen LogP contribution in [0.25, 0.3) is 0 Å². The molecule has 3 saturated carbocycles. The van der Waals surface area contributed by atoms with Crippen LogP contribution in [0.4, 0.5) is 0 Å². The van der Waals surface area contributed by atoms with Crippen LogP contribution in [0.5, 0.6) is 0 Å². The van der Waals surface area contributed by atoms with E-state index >= 15 is 0 Å². The van der Waals surface area contributed by atoms with E-state index in [2.05, 4.69) is 6.92 Å². The Hall–Kier alpha value is -0.240. The molecule has 1 nitrogen and oxygen atoms in total. The van der Waals surface area contributed by atoms with Crippen LogP contribution in [0.1, 0.15) is 84.0 Å². The van der Waals surface area contributed by atoms with Gasteiger partial charge < -0.3 is 0 Å². The van der Waals surface area contributed by atoms with Crippen LogP contribution < -0.4 is 0 Å². The number of carbonyl (C=O) groups excluding carboxylic acids is 1. The second-order valence-corrected chi connectivity index (χ2v) is 8.63. The minimum atomic E-state index is 0.413. The SMILES string of the molecule is CC(C(=O)SC1CCCC1)=C(C1CCCC1)C1CCCC1. The molecular formula is C19H30OS. The first-order valence-corrected chi connectivity index (χ1v) is 10.1. The molecule has 0 aliphatic heterocycles. The third-order valence-corrected chi connectivity index (χ3v) is 7.23. The highest BCUT2D eigenvalue weighted by molar-refractivity contribution is 8.14. The van der Waals surface area contributed by atoms with Crippen LogP contribution in [0.3, 0.4) is 0 Å². The van der Waals surface area contributed by atoms with Gasteiger partial charge in [-0.15, -0.1) is 0 Å². The fraction of sp³-hybridized carbons (Fsp3) is 0.842. The summed E-state index contributed by atoms with van der Waals surface area (Å²) in [4.78, 5) is 12.8. The molecule has 0 atom stereocenters. The molecule has 0 unspecified atom stereocenters. The van der Waals surface area contributed by atoms with Crippen LogP contribution in [-0.2, 0) is 4.79 Å². The van der Waals surface area contributed by atoms with Gasteiger partial charge in [0.15, 0.2) is 0 Å². The van der Waals surface area contributed by atoms with Gasteiger partial charge in [-0.05, 0) is 57.3 Å². The first-order chi connectivity index (χ1) is 10.3. The van der Waals surface area contributed by atoms with E-state index in [-0.39, 0.29) is 0 Å². The van der Waals surface area contributed by atoms with Gasteiger partial charge in [0, 0.05) is 10.8 Å². The number of hydrogen-bond acceptors (Lipinski definition) is 2. The molecule has 0 aromatic heterocycles. The molecule has 3 aliphatic carbocycles. The van der Waals surface area contributed by atoms with Crippen molar-refractivity contribution in [2.75, 3.05) is 0 Å². The molecule has 0 radical (unpaired) electrons. The van der Waals surface area contributed by atoms with Crippen molar-refractivity contribution in [1.29, 1.82) is 0 Å². The van der Waals surface area contributed by atoms with E-state index in [1.807, 2.05) is 0 Å². The summed E-state index contributed by atoms with van der Waals surface area (Å²) in [6, 6.07) is 0. The number of rotatable bonds is 4. The maximum absolute atomic E-state index is 12.8. The second-order valence-electron chi connectivity index (χ2n) is 7.35. The first-order valence-electron chi connectivity index (χ1n) is 9.17. The predicted octanol–water partition coefficient (Wildman–Crippen LogP) is 5.89. The van der Waals surface area contributed by atoms with E-state index in [9.17, 15) is 4.79 Å². The van der Waals surface area contributed by atoms with Gasteiger partial charge in [0.1, 0.15) is 0 Å². The number of carbonyl (C=O) groups is 1. The number of thioether (sulfide) groups is 1. The van der Waals surface area contributed by atoms with Gasteiger partial charge >= 0.3 is 0 Å². The zero-order valence-electron chi connectivity index (χ0n) is 13.5. The lowest BCUT2D eigenvalue weighted by Gasteiger charge is -2.24. The number of hydrogen-bond donors (Lipinski definition) is 0. The predicted molar refractivity (Wildman–Crippen MR) is 91.5 cm³/mol. The Morgan fingerprint density at radius 2 is 1.19 bits per heavy atom. The molecule has 0 aromatic rings. The van der Waals surface area contributed by atoms with E-state index in [0.717, 1.165) is 17.4 Å². The topological polar surface area (TPSA) is 17.1 Å². The third-order valence-electron chi connectivity index (χ3n) is 5.91. The average molecular weight is 307 g/mol. The van der Waals surface area contributed by atoms with Crippen molar-refractivity contribution < 1.29 is 4.79 Å². The summed E-state index contributed by atoms with van der Waals surface area (Å²) in [5, 5.41) is 1.02. The fourth-order valence-corrected chi connectivity index (χ4v) is 5.95. The quantitative estimate of drug-likeness (QED) is 0.603. The molecule has 0 heterocycles. The van der Waals surface area contributed by atoms with Crippen molar-refractivity contribution in [3.05, 3.63) is 11.1 Å². The summed E-state index contributed by atoms with van der Waals surface area (Å²) in [6.07, 6.45) is 16.0. The second kappa shape index (κ2) is 7.35. The van der Waals surface area contributed by atoms with Crippen LogP contribution in [0.15, 0.2) is 11.1 Å². The Bertz CT molecular complexity index is 376. The monoisotopic (exact) mass is 306 g/mol. The summed E-state index contributed by atoms with van der Waals surface area (Å²) in [5.74, 6) is 1.47. The maximum Gasteiger partial charge on any atom is 0.215 e. The lowest BCUT2D eigenvalue weighted by molar-refractivity contribution is -0.108. The molecule has 0 bridgehead atoms. The first kappa shape index (κ1) is 15.6. The molecule has 0 spiro atoms. The highest BCUT2D eigenvalue weighted by atomic mass is 32.2. The van der Waals surface area contributed by atoms with Crippen molar-refractivity contribution in [3.63, 3.8) is 0 Å². The Balaban J connectivity index is 1.75. The number of allylic oxidation sites excluding steroid dienone is 1. The zero-order chi connectivity index (χ0) is 14.7. The molecule has 118 valence electrons. The third kappa shape index (κ3) is 3.75. The van der Waals surface area contributed by atoms with E-state index < -0.39 is 0 Å². The lowest BCUT2D eigenvalue weighted by atomic mass is 9.82. The molecule has 0 amide bonds. The fourth-order valence-electron chi connectivity index (χ4n) is 4.78. The van der Waals surface area contributed by atoms with Gasteiger partial charge in [-0.2, -0.15) is 0 Å². The largest absolute Gasteiger partial charge is 0.282 e. The molecule has 3 fully saturated rings. The van der Waals surface area contributed by atoms with Crippen molar-refractivity contribution >= 4 is 16.9 Å². The van der Waals surface area contributed by atoms with Crippen LogP contribution in [0.2, 0.25) is 0 Å². The van der Waals surface area contributed by atoms with E-state index in [1.165, 1.54) is 77.0 Å². The maximum atomic E-state index is 12.8. The zero-order valence-corrected chi connectivity index (χ0v) is 14.4. The lowest BCUT2D eigenvalue weighted by Crippen LogP contribution is -2.15. The van der Waals surface area contributed by atoms with Gasteiger partial charge in [0.2, 0.25) is 5.12 Å². The standard InChI is InChI=1S/C19H30OS/c1-14(19(20)21-17-12-6-7-13-17)18(15-8-2-3-9-15)16-10-4-5-11-16/h15-17H,2-13H2,1H3.